The molecule has 0 spiro atoms. The van der Waals surface area contributed by atoms with Gasteiger partial charge in [0, 0.05) is 29.2 Å². The van der Waals surface area contributed by atoms with E-state index in [0.717, 1.165) is 12.8 Å². The summed E-state index contributed by atoms with van der Waals surface area (Å²) in [6.45, 7) is 0.480. The first-order valence-electron chi connectivity index (χ1n) is 6.42. The van der Waals surface area contributed by atoms with Crippen LogP contribution in [0, 0.1) is 16.0 Å². The van der Waals surface area contributed by atoms with Gasteiger partial charge in [-0.3, -0.25) is 14.9 Å². The molecule has 0 aromatic heterocycles. The van der Waals surface area contributed by atoms with Crippen molar-refractivity contribution in [1.82, 2.24) is 5.32 Å². The molecule has 2 rings (SSSR count). The van der Waals surface area contributed by atoms with E-state index in [1.54, 1.807) is 6.07 Å². The quantitative estimate of drug-likeness (QED) is 0.585. The zero-order valence-electron chi connectivity index (χ0n) is 11.3. The van der Waals surface area contributed by atoms with Crippen molar-refractivity contribution < 1.29 is 9.72 Å². The molecule has 1 unspecified atom stereocenters. The molecule has 1 aliphatic carbocycles. The Bertz CT molecular complexity index is 537. The average Bonchev–Trinajstić information content (AvgIpc) is 3.22. The van der Waals surface area contributed by atoms with Gasteiger partial charge in [0.1, 0.15) is 0 Å². The van der Waals surface area contributed by atoms with Gasteiger partial charge in [-0.05, 0) is 24.3 Å². The Morgan fingerprint density at radius 3 is 2.71 bits per heavy atom. The van der Waals surface area contributed by atoms with Crippen LogP contribution in [0.1, 0.15) is 18.4 Å². The first-order chi connectivity index (χ1) is 9.47. The lowest BCUT2D eigenvalue weighted by Crippen LogP contribution is -2.39. The minimum absolute atomic E-state index is 0. The molecule has 1 aliphatic rings. The summed E-state index contributed by atoms with van der Waals surface area (Å²) in [7, 11) is 0. The van der Waals surface area contributed by atoms with Crippen molar-refractivity contribution in [2.45, 2.75) is 25.3 Å². The number of amides is 1. The van der Waals surface area contributed by atoms with Gasteiger partial charge >= 0.3 is 0 Å². The number of non-ortho nitro benzene ring substituents is 1. The number of nitrogens with one attached hydrogen (secondary N) is 1. The second-order valence-corrected chi connectivity index (χ2v) is 5.87. The molecule has 116 valence electrons. The third-order valence-corrected chi connectivity index (χ3v) is 4.10. The lowest BCUT2D eigenvalue weighted by atomic mass is 10.1. The van der Waals surface area contributed by atoms with E-state index in [1.807, 2.05) is 0 Å². The molecule has 8 heteroatoms. The number of hydrogen-bond donors (Lipinski definition) is 2. The van der Waals surface area contributed by atoms with Gasteiger partial charge in [0.2, 0.25) is 5.91 Å². The van der Waals surface area contributed by atoms with Crippen LogP contribution in [0.25, 0.3) is 0 Å². The zero-order chi connectivity index (χ0) is 14.7. The van der Waals surface area contributed by atoms with Crippen LogP contribution in [-0.2, 0) is 11.2 Å². The van der Waals surface area contributed by atoms with E-state index in [-0.39, 0.29) is 36.5 Å². The van der Waals surface area contributed by atoms with Crippen LogP contribution in [-0.4, -0.2) is 23.4 Å². The molecule has 6 nitrogen and oxygen atoms in total. The number of nitrogens with two attached hydrogens (primary N) is 1. The van der Waals surface area contributed by atoms with Crippen molar-refractivity contribution in [3.8, 4) is 0 Å². The highest BCUT2D eigenvalue weighted by molar-refractivity contribution is 9.10. The molecule has 0 saturated heterocycles. The van der Waals surface area contributed by atoms with Crippen LogP contribution < -0.4 is 11.1 Å². The highest BCUT2D eigenvalue weighted by Crippen LogP contribution is 2.31. The number of nitro benzene ring substituents is 1. The highest BCUT2D eigenvalue weighted by atomic mass is 79.9. The normalized spacial score (nSPS) is 15.0. The predicted octanol–water partition coefficient (Wildman–Crippen LogP) is 2.18. The number of nitrogens with zero attached hydrogens (tertiary/aromatic N) is 1. The largest absolute Gasteiger partial charge is 0.354 e. The lowest BCUT2D eigenvalue weighted by Gasteiger charge is -2.12. The molecule has 21 heavy (non-hydrogen) atoms. The lowest BCUT2D eigenvalue weighted by molar-refractivity contribution is -0.384. The Labute approximate surface area is 137 Å². The second kappa shape index (κ2) is 7.72. The van der Waals surface area contributed by atoms with Crippen molar-refractivity contribution in [1.29, 1.82) is 0 Å². The number of benzene rings is 1. The van der Waals surface area contributed by atoms with E-state index >= 15 is 0 Å². The highest BCUT2D eigenvalue weighted by Gasteiger charge is 2.28. The fourth-order valence-corrected chi connectivity index (χ4v) is 2.46. The third kappa shape index (κ3) is 5.26. The fraction of sp³-hybridized carbons (Fsp3) is 0.462. The molecule has 0 bridgehead atoms. The molecular formula is C13H17BrClN3O3. The minimum Gasteiger partial charge on any atom is -0.354 e. The summed E-state index contributed by atoms with van der Waals surface area (Å²) < 4.78 is 0.563. The number of carbonyl (C=O) groups is 1. The van der Waals surface area contributed by atoms with Gasteiger partial charge in [-0.15, -0.1) is 12.4 Å². The molecule has 3 N–H and O–H groups in total. The molecule has 0 aliphatic heterocycles. The maximum Gasteiger partial charge on any atom is 0.270 e. The number of halogens is 2. The molecule has 0 radical (unpaired) electrons. The van der Waals surface area contributed by atoms with Crippen molar-refractivity contribution >= 4 is 39.9 Å². The monoisotopic (exact) mass is 377 g/mol. The average molecular weight is 379 g/mol. The van der Waals surface area contributed by atoms with Crippen molar-refractivity contribution in [2.75, 3.05) is 6.54 Å². The van der Waals surface area contributed by atoms with Crippen LogP contribution in [0.5, 0.6) is 0 Å². The van der Waals surface area contributed by atoms with Crippen LogP contribution in [0.15, 0.2) is 22.7 Å². The van der Waals surface area contributed by atoms with Crippen LogP contribution in [0.2, 0.25) is 0 Å². The van der Waals surface area contributed by atoms with Gasteiger partial charge in [0.05, 0.1) is 11.3 Å². The van der Waals surface area contributed by atoms with Gasteiger partial charge in [0.25, 0.3) is 5.69 Å². The van der Waals surface area contributed by atoms with Gasteiger partial charge in [-0.25, -0.2) is 0 Å². The summed E-state index contributed by atoms with van der Waals surface area (Å²) in [5.41, 5.74) is 6.62. The summed E-state index contributed by atoms with van der Waals surface area (Å²) >= 11 is 3.25. The number of nitro groups is 1. The van der Waals surface area contributed by atoms with Crippen molar-refractivity contribution in [3.05, 3.63) is 38.3 Å². The summed E-state index contributed by atoms with van der Waals surface area (Å²) in [5.74, 6) is 0.414. The molecule has 0 heterocycles. The number of rotatable bonds is 6. The van der Waals surface area contributed by atoms with Gasteiger partial charge < -0.3 is 11.1 Å². The van der Waals surface area contributed by atoms with E-state index in [1.165, 1.54) is 12.1 Å². The third-order valence-electron chi connectivity index (χ3n) is 3.36. The Kier molecular flexibility index (Phi) is 6.57. The van der Waals surface area contributed by atoms with Crippen LogP contribution in [0.3, 0.4) is 0 Å². The van der Waals surface area contributed by atoms with E-state index in [2.05, 4.69) is 21.2 Å². The fourth-order valence-electron chi connectivity index (χ4n) is 1.95. The van der Waals surface area contributed by atoms with E-state index < -0.39 is 4.92 Å². The topological polar surface area (TPSA) is 98.3 Å². The molecule has 1 fully saturated rings. The molecule has 1 amide bonds. The summed E-state index contributed by atoms with van der Waals surface area (Å²) in [5, 5.41) is 13.4. The SMILES string of the molecule is Cl.NC(CNC(=O)Cc1ccc([N+](=O)[O-])cc1Br)C1CC1. The Morgan fingerprint density at radius 2 is 2.19 bits per heavy atom. The van der Waals surface area contributed by atoms with Crippen molar-refractivity contribution in [3.63, 3.8) is 0 Å². The van der Waals surface area contributed by atoms with Crippen molar-refractivity contribution in [2.24, 2.45) is 11.7 Å². The molecule has 1 aromatic rings. The standard InChI is InChI=1S/C13H16BrN3O3.ClH/c14-11-6-10(17(19)20)4-3-9(11)5-13(18)16-7-12(15)8-1-2-8;/h3-4,6,8,12H,1-2,5,7,15H2,(H,16,18);1H. The van der Waals surface area contributed by atoms with Crippen LogP contribution >= 0.6 is 28.3 Å². The molecular weight excluding hydrogens is 362 g/mol. The van der Waals surface area contributed by atoms with Crippen LogP contribution in [0.4, 0.5) is 5.69 Å². The minimum atomic E-state index is -0.469. The van der Waals surface area contributed by atoms with Gasteiger partial charge in [-0.1, -0.05) is 22.0 Å². The molecule has 1 saturated carbocycles. The van der Waals surface area contributed by atoms with E-state index in [0.29, 0.717) is 22.5 Å². The smallest absolute Gasteiger partial charge is 0.270 e. The summed E-state index contributed by atoms with van der Waals surface area (Å²) in [6.07, 6.45) is 2.46. The summed E-state index contributed by atoms with van der Waals surface area (Å²) in [4.78, 5) is 22.0. The predicted molar refractivity (Wildman–Crippen MR) is 85.5 cm³/mol. The maximum absolute atomic E-state index is 11.8. The Morgan fingerprint density at radius 1 is 1.52 bits per heavy atom. The Hall–Kier alpha value is -1.18. The van der Waals surface area contributed by atoms with Gasteiger partial charge in [0.15, 0.2) is 0 Å². The Balaban J connectivity index is 0.00000220. The first-order valence-corrected chi connectivity index (χ1v) is 7.21. The number of hydrogen-bond acceptors (Lipinski definition) is 4. The van der Waals surface area contributed by atoms with E-state index in [9.17, 15) is 14.9 Å². The zero-order valence-corrected chi connectivity index (χ0v) is 13.7. The van der Waals surface area contributed by atoms with E-state index in [4.69, 9.17) is 5.73 Å². The second-order valence-electron chi connectivity index (χ2n) is 5.01. The first kappa shape index (κ1) is 17.9. The van der Waals surface area contributed by atoms with Gasteiger partial charge in [-0.2, -0.15) is 0 Å². The maximum atomic E-state index is 11.8. The number of carbonyl (C=O) groups excluding carboxylic acids is 1. The molecule has 1 aromatic carbocycles. The molecule has 1 atom stereocenters. The summed E-state index contributed by atoms with van der Waals surface area (Å²) in [6, 6.07) is 4.41.